The zero-order chi connectivity index (χ0) is 22.2. The van der Waals surface area contributed by atoms with E-state index in [2.05, 4.69) is 5.32 Å². The lowest BCUT2D eigenvalue weighted by atomic mass is 10.0. The molecule has 1 fully saturated rings. The highest BCUT2D eigenvalue weighted by molar-refractivity contribution is 5.82. The molecule has 0 saturated heterocycles. The normalized spacial score (nSPS) is 16.1. The fraction of sp³-hybridized carbons (Fsp3) is 0.417. The van der Waals surface area contributed by atoms with Gasteiger partial charge in [-0.1, -0.05) is 42.5 Å². The number of ether oxygens (including phenoxy) is 2. The van der Waals surface area contributed by atoms with Crippen molar-refractivity contribution in [3.8, 4) is 5.75 Å². The lowest BCUT2D eigenvalue weighted by Crippen LogP contribution is -2.44. The molecule has 7 heteroatoms. The van der Waals surface area contributed by atoms with Crippen molar-refractivity contribution in [2.45, 2.75) is 50.4 Å². The van der Waals surface area contributed by atoms with Gasteiger partial charge in [-0.2, -0.15) is 0 Å². The van der Waals surface area contributed by atoms with Gasteiger partial charge in [0.2, 0.25) is 5.91 Å². The van der Waals surface area contributed by atoms with Gasteiger partial charge in [0.1, 0.15) is 18.4 Å². The number of benzene rings is 2. The summed E-state index contributed by atoms with van der Waals surface area (Å²) in [6, 6.07) is 15.5. The summed E-state index contributed by atoms with van der Waals surface area (Å²) in [5, 5.41) is 3.07. The summed E-state index contributed by atoms with van der Waals surface area (Å²) in [5.74, 6) is 0.456. The van der Waals surface area contributed by atoms with Crippen LogP contribution >= 0.6 is 0 Å². The number of nitrogens with two attached hydrogens (primary N) is 2. The number of carbonyl (C=O) groups is 2. The maximum Gasteiger partial charge on any atom is 0.323 e. The third-order valence-corrected chi connectivity index (χ3v) is 5.52. The van der Waals surface area contributed by atoms with Crippen LogP contribution in [-0.4, -0.2) is 31.1 Å². The molecule has 2 aromatic carbocycles. The molecule has 1 aliphatic carbocycles. The summed E-state index contributed by atoms with van der Waals surface area (Å²) in [7, 11) is 1.62. The molecule has 0 heterocycles. The Labute approximate surface area is 183 Å². The Kier molecular flexibility index (Phi) is 8.03. The number of hydrogen-bond donors (Lipinski definition) is 3. The van der Waals surface area contributed by atoms with E-state index in [4.69, 9.17) is 20.9 Å². The minimum Gasteiger partial charge on any atom is -0.497 e. The molecule has 0 bridgehead atoms. The van der Waals surface area contributed by atoms with Gasteiger partial charge in [-0.15, -0.1) is 0 Å². The minimum absolute atomic E-state index is 0.0750. The van der Waals surface area contributed by atoms with Crippen LogP contribution in [0.1, 0.15) is 42.9 Å². The molecule has 0 aliphatic heterocycles. The summed E-state index contributed by atoms with van der Waals surface area (Å²) < 4.78 is 10.5. The molecule has 1 saturated carbocycles. The first-order valence-electron chi connectivity index (χ1n) is 10.6. The van der Waals surface area contributed by atoms with Gasteiger partial charge in [0.15, 0.2) is 0 Å². The predicted octanol–water partition coefficient (Wildman–Crippen LogP) is 2.44. The lowest BCUT2D eigenvalue weighted by Gasteiger charge is -2.22. The van der Waals surface area contributed by atoms with E-state index in [1.807, 2.05) is 54.6 Å². The standard InChI is InChI=1S/C24H31N3O4/c1-30-19-11-9-18(10-12-19)22(17-7-8-17)27-23(28)20(25)13-14-21(26)24(29)31-15-16-5-3-2-4-6-16/h2-6,9-12,17,20-22H,7-8,13-15,25-26H2,1H3,(H,27,28)/t20-,21+,22?/m1/s1. The van der Waals surface area contributed by atoms with E-state index in [0.717, 1.165) is 29.7 Å². The first-order chi connectivity index (χ1) is 15.0. The summed E-state index contributed by atoms with van der Waals surface area (Å²) >= 11 is 0. The number of nitrogens with one attached hydrogen (secondary N) is 1. The molecule has 5 N–H and O–H groups in total. The van der Waals surface area contributed by atoms with Crippen molar-refractivity contribution in [2.75, 3.05) is 7.11 Å². The van der Waals surface area contributed by atoms with Gasteiger partial charge in [0.25, 0.3) is 0 Å². The second-order valence-corrected chi connectivity index (χ2v) is 7.98. The van der Waals surface area contributed by atoms with Crippen LogP contribution in [0.15, 0.2) is 54.6 Å². The number of amides is 1. The summed E-state index contributed by atoms with van der Waals surface area (Å²) in [6.07, 6.45) is 2.72. The number of methoxy groups -OCH3 is 1. The van der Waals surface area contributed by atoms with Crippen molar-refractivity contribution in [1.82, 2.24) is 5.32 Å². The number of carbonyl (C=O) groups excluding carboxylic acids is 2. The first kappa shape index (κ1) is 22.8. The van der Waals surface area contributed by atoms with Gasteiger partial charge in [-0.25, -0.2) is 0 Å². The fourth-order valence-electron chi connectivity index (χ4n) is 3.42. The van der Waals surface area contributed by atoms with Crippen LogP contribution in [0, 0.1) is 5.92 Å². The Morgan fingerprint density at radius 1 is 1.00 bits per heavy atom. The van der Waals surface area contributed by atoms with Gasteiger partial charge in [0.05, 0.1) is 19.2 Å². The van der Waals surface area contributed by atoms with Gasteiger partial charge in [0, 0.05) is 0 Å². The van der Waals surface area contributed by atoms with Crippen LogP contribution < -0.4 is 21.5 Å². The quantitative estimate of drug-likeness (QED) is 0.476. The average molecular weight is 426 g/mol. The Balaban J connectivity index is 1.45. The molecule has 0 aromatic heterocycles. The topological polar surface area (TPSA) is 117 Å². The third kappa shape index (κ3) is 6.80. The van der Waals surface area contributed by atoms with Gasteiger partial charge >= 0.3 is 5.97 Å². The largest absolute Gasteiger partial charge is 0.497 e. The van der Waals surface area contributed by atoms with Crippen molar-refractivity contribution < 1.29 is 19.1 Å². The van der Waals surface area contributed by atoms with Crippen molar-refractivity contribution in [3.63, 3.8) is 0 Å². The van der Waals surface area contributed by atoms with E-state index in [1.165, 1.54) is 0 Å². The SMILES string of the molecule is COc1ccc(C(NC(=O)[C@H](N)CC[C@H](N)C(=O)OCc2ccccc2)C2CC2)cc1. The average Bonchev–Trinajstić information content (AvgIpc) is 3.65. The van der Waals surface area contributed by atoms with E-state index < -0.39 is 18.1 Å². The van der Waals surface area contributed by atoms with Crippen LogP contribution in [0.4, 0.5) is 0 Å². The second-order valence-electron chi connectivity index (χ2n) is 7.98. The molecule has 1 unspecified atom stereocenters. The van der Waals surface area contributed by atoms with Crippen molar-refractivity contribution in [1.29, 1.82) is 0 Å². The molecule has 3 atom stereocenters. The second kappa shape index (κ2) is 10.9. The van der Waals surface area contributed by atoms with Crippen LogP contribution in [0.3, 0.4) is 0 Å². The molecule has 166 valence electrons. The summed E-state index contributed by atoms with van der Waals surface area (Å²) in [6.45, 7) is 0.171. The van der Waals surface area contributed by atoms with Gasteiger partial charge in [-0.3, -0.25) is 9.59 Å². The van der Waals surface area contributed by atoms with E-state index in [9.17, 15) is 9.59 Å². The van der Waals surface area contributed by atoms with Gasteiger partial charge < -0.3 is 26.3 Å². The molecule has 0 spiro atoms. The van der Waals surface area contributed by atoms with Crippen LogP contribution in [-0.2, 0) is 20.9 Å². The van der Waals surface area contributed by atoms with Crippen LogP contribution in [0.25, 0.3) is 0 Å². The predicted molar refractivity (Wildman–Crippen MR) is 118 cm³/mol. The van der Waals surface area contributed by atoms with E-state index in [1.54, 1.807) is 7.11 Å². The summed E-state index contributed by atoms with van der Waals surface area (Å²) in [4.78, 5) is 24.8. The van der Waals surface area contributed by atoms with Crippen molar-refractivity contribution >= 4 is 11.9 Å². The Hall–Kier alpha value is -2.90. The minimum atomic E-state index is -0.816. The highest BCUT2D eigenvalue weighted by atomic mass is 16.5. The molecule has 7 nitrogen and oxygen atoms in total. The monoisotopic (exact) mass is 425 g/mol. The fourth-order valence-corrected chi connectivity index (χ4v) is 3.42. The van der Waals surface area contributed by atoms with Crippen LogP contribution in [0.2, 0.25) is 0 Å². The number of rotatable bonds is 11. The molecule has 3 rings (SSSR count). The Morgan fingerprint density at radius 2 is 1.65 bits per heavy atom. The molecular formula is C24H31N3O4. The highest BCUT2D eigenvalue weighted by Crippen LogP contribution is 2.41. The Morgan fingerprint density at radius 3 is 2.26 bits per heavy atom. The first-order valence-corrected chi connectivity index (χ1v) is 10.6. The molecule has 31 heavy (non-hydrogen) atoms. The zero-order valence-corrected chi connectivity index (χ0v) is 17.8. The van der Waals surface area contributed by atoms with Crippen molar-refractivity contribution in [3.05, 3.63) is 65.7 Å². The van der Waals surface area contributed by atoms with Gasteiger partial charge in [-0.05, 0) is 54.9 Å². The van der Waals surface area contributed by atoms with Crippen LogP contribution in [0.5, 0.6) is 5.75 Å². The maximum absolute atomic E-state index is 12.7. The smallest absolute Gasteiger partial charge is 0.323 e. The van der Waals surface area contributed by atoms with E-state index in [0.29, 0.717) is 12.3 Å². The summed E-state index contributed by atoms with van der Waals surface area (Å²) in [5.41, 5.74) is 13.9. The maximum atomic E-state index is 12.7. The molecular weight excluding hydrogens is 394 g/mol. The zero-order valence-electron chi connectivity index (χ0n) is 17.8. The number of esters is 1. The third-order valence-electron chi connectivity index (χ3n) is 5.52. The Bertz CT molecular complexity index is 853. The highest BCUT2D eigenvalue weighted by Gasteiger charge is 2.34. The lowest BCUT2D eigenvalue weighted by molar-refractivity contribution is -0.146. The molecule has 1 amide bonds. The molecule has 2 aromatic rings. The van der Waals surface area contributed by atoms with Crippen molar-refractivity contribution in [2.24, 2.45) is 17.4 Å². The molecule has 0 radical (unpaired) electrons. The van der Waals surface area contributed by atoms with E-state index >= 15 is 0 Å². The molecule has 1 aliphatic rings. The number of hydrogen-bond acceptors (Lipinski definition) is 6. The van der Waals surface area contributed by atoms with E-state index in [-0.39, 0.29) is 25.0 Å².